The fourth-order valence-corrected chi connectivity index (χ4v) is 2.04. The van der Waals surface area contributed by atoms with Crippen molar-refractivity contribution in [3.05, 3.63) is 32.4 Å². The van der Waals surface area contributed by atoms with Crippen LogP contribution in [-0.2, 0) is 10.0 Å². The van der Waals surface area contributed by atoms with Crippen molar-refractivity contribution in [1.29, 1.82) is 0 Å². The molecule has 0 unspecified atom stereocenters. The first-order valence-electron chi connectivity index (χ1n) is 3.77. The van der Waals surface area contributed by atoms with Crippen molar-refractivity contribution >= 4 is 50.1 Å². The smallest absolute Gasteiger partial charge is 0.266 e. The summed E-state index contributed by atoms with van der Waals surface area (Å²) in [5, 5.41) is 0.219. The van der Waals surface area contributed by atoms with Crippen molar-refractivity contribution in [3.63, 3.8) is 0 Å². The van der Waals surface area contributed by atoms with E-state index >= 15 is 0 Å². The molecular weight excluding hydrogens is 353 g/mol. The van der Waals surface area contributed by atoms with Crippen molar-refractivity contribution in [2.45, 2.75) is 0 Å². The van der Waals surface area contributed by atoms with Gasteiger partial charge in [0.15, 0.2) is 0 Å². The molecule has 1 rings (SSSR count). The molecule has 7 heteroatoms. The molecule has 15 heavy (non-hydrogen) atoms. The summed E-state index contributed by atoms with van der Waals surface area (Å²) >= 11 is 7.77. The average Bonchev–Trinajstić information content (AvgIpc) is 2.06. The van der Waals surface area contributed by atoms with Gasteiger partial charge in [0.2, 0.25) is 10.0 Å². The highest BCUT2D eigenvalue weighted by Gasteiger charge is 2.14. The van der Waals surface area contributed by atoms with Gasteiger partial charge in [0, 0.05) is 3.57 Å². The maximum atomic E-state index is 11.5. The van der Waals surface area contributed by atoms with Crippen LogP contribution in [0, 0.1) is 3.57 Å². The van der Waals surface area contributed by atoms with E-state index in [0.29, 0.717) is 0 Å². The molecule has 1 amide bonds. The van der Waals surface area contributed by atoms with Gasteiger partial charge < -0.3 is 0 Å². The van der Waals surface area contributed by atoms with Gasteiger partial charge in [-0.2, -0.15) is 0 Å². The third-order valence-electron chi connectivity index (χ3n) is 1.45. The van der Waals surface area contributed by atoms with Crippen molar-refractivity contribution in [3.8, 4) is 0 Å². The van der Waals surface area contributed by atoms with Crippen LogP contribution in [0.15, 0.2) is 18.2 Å². The van der Waals surface area contributed by atoms with Gasteiger partial charge in [0.25, 0.3) is 5.91 Å². The van der Waals surface area contributed by atoms with Crippen LogP contribution >= 0.6 is 34.2 Å². The summed E-state index contributed by atoms with van der Waals surface area (Å²) in [6, 6.07) is 4.78. The summed E-state index contributed by atoms with van der Waals surface area (Å²) in [4.78, 5) is 11.5. The van der Waals surface area contributed by atoms with Gasteiger partial charge in [-0.1, -0.05) is 11.6 Å². The zero-order chi connectivity index (χ0) is 11.6. The Bertz CT molecular complexity index is 501. The van der Waals surface area contributed by atoms with E-state index in [1.807, 2.05) is 27.3 Å². The van der Waals surface area contributed by atoms with Gasteiger partial charge in [-0.05, 0) is 40.8 Å². The molecule has 0 saturated carbocycles. The monoisotopic (exact) mass is 359 g/mol. The molecule has 0 saturated heterocycles. The van der Waals surface area contributed by atoms with Gasteiger partial charge in [0.1, 0.15) is 0 Å². The summed E-state index contributed by atoms with van der Waals surface area (Å²) in [6.07, 6.45) is 0.909. The van der Waals surface area contributed by atoms with E-state index in [2.05, 4.69) is 0 Å². The zero-order valence-corrected chi connectivity index (χ0v) is 11.4. The van der Waals surface area contributed by atoms with E-state index in [4.69, 9.17) is 11.6 Å². The highest BCUT2D eigenvalue weighted by atomic mass is 127. The zero-order valence-electron chi connectivity index (χ0n) is 7.62. The van der Waals surface area contributed by atoms with Crippen LogP contribution < -0.4 is 4.72 Å². The normalized spacial score (nSPS) is 11.1. The number of benzene rings is 1. The van der Waals surface area contributed by atoms with Crippen molar-refractivity contribution < 1.29 is 13.2 Å². The number of halogens is 2. The van der Waals surface area contributed by atoms with E-state index in [1.54, 1.807) is 12.1 Å². The minimum atomic E-state index is -3.56. The number of carbonyl (C=O) groups is 1. The molecular formula is C8H7ClINO3S. The lowest BCUT2D eigenvalue weighted by molar-refractivity contribution is 0.0982. The van der Waals surface area contributed by atoms with E-state index in [9.17, 15) is 13.2 Å². The lowest BCUT2D eigenvalue weighted by Gasteiger charge is -2.04. The van der Waals surface area contributed by atoms with Gasteiger partial charge in [0.05, 0.1) is 16.8 Å². The molecule has 0 aliphatic rings. The topological polar surface area (TPSA) is 63.2 Å². The molecule has 1 N–H and O–H groups in total. The number of amides is 1. The fourth-order valence-electron chi connectivity index (χ4n) is 0.895. The molecule has 0 bridgehead atoms. The summed E-state index contributed by atoms with van der Waals surface area (Å²) in [7, 11) is -3.56. The Morgan fingerprint density at radius 2 is 2.07 bits per heavy atom. The summed E-state index contributed by atoms with van der Waals surface area (Å²) < 4.78 is 24.3. The van der Waals surface area contributed by atoms with Crippen LogP contribution in [0.25, 0.3) is 0 Å². The minimum Gasteiger partial charge on any atom is -0.268 e. The number of hydrogen-bond donors (Lipinski definition) is 1. The van der Waals surface area contributed by atoms with Crippen molar-refractivity contribution in [2.75, 3.05) is 6.26 Å². The van der Waals surface area contributed by atoms with Crippen LogP contribution in [0.2, 0.25) is 5.02 Å². The molecule has 0 aliphatic carbocycles. The predicted molar refractivity (Wildman–Crippen MR) is 66.5 cm³/mol. The fraction of sp³-hybridized carbons (Fsp3) is 0.125. The Labute approximate surface area is 106 Å². The van der Waals surface area contributed by atoms with Gasteiger partial charge in [-0.3, -0.25) is 4.79 Å². The van der Waals surface area contributed by atoms with E-state index in [0.717, 1.165) is 9.83 Å². The maximum Gasteiger partial charge on any atom is 0.266 e. The maximum absolute atomic E-state index is 11.5. The quantitative estimate of drug-likeness (QED) is 0.817. The molecule has 0 aliphatic heterocycles. The highest BCUT2D eigenvalue weighted by Crippen LogP contribution is 2.18. The molecule has 0 aromatic heterocycles. The van der Waals surface area contributed by atoms with Crippen LogP contribution in [0.3, 0.4) is 0 Å². The number of hydrogen-bond acceptors (Lipinski definition) is 3. The van der Waals surface area contributed by atoms with Crippen LogP contribution in [-0.4, -0.2) is 20.6 Å². The molecule has 0 atom stereocenters. The Morgan fingerprint density at radius 3 is 2.60 bits per heavy atom. The van der Waals surface area contributed by atoms with Gasteiger partial charge in [-0.25, -0.2) is 13.1 Å². The molecule has 0 radical (unpaired) electrons. The second kappa shape index (κ2) is 4.67. The summed E-state index contributed by atoms with van der Waals surface area (Å²) in [5.74, 6) is -0.721. The molecule has 0 fully saturated rings. The largest absolute Gasteiger partial charge is 0.268 e. The SMILES string of the molecule is CS(=O)(=O)NC(=O)c1cc(I)ccc1Cl. The lowest BCUT2D eigenvalue weighted by atomic mass is 10.2. The lowest BCUT2D eigenvalue weighted by Crippen LogP contribution is -2.29. The molecule has 0 heterocycles. The van der Waals surface area contributed by atoms with E-state index in [-0.39, 0.29) is 10.6 Å². The second-order valence-electron chi connectivity index (χ2n) is 2.83. The average molecular weight is 360 g/mol. The number of nitrogens with one attached hydrogen (secondary N) is 1. The first kappa shape index (κ1) is 12.7. The molecule has 82 valence electrons. The third-order valence-corrected chi connectivity index (χ3v) is 3.01. The second-order valence-corrected chi connectivity index (χ2v) is 6.23. The summed E-state index contributed by atoms with van der Waals surface area (Å²) in [5.41, 5.74) is 0.147. The summed E-state index contributed by atoms with van der Waals surface area (Å²) in [6.45, 7) is 0. The van der Waals surface area contributed by atoms with Gasteiger partial charge in [-0.15, -0.1) is 0 Å². The Morgan fingerprint density at radius 1 is 1.47 bits per heavy atom. The van der Waals surface area contributed by atoms with Crippen LogP contribution in [0.5, 0.6) is 0 Å². The Kier molecular flexibility index (Phi) is 3.96. The van der Waals surface area contributed by atoms with Crippen molar-refractivity contribution in [1.82, 2.24) is 4.72 Å². The molecule has 1 aromatic carbocycles. The molecule has 1 aromatic rings. The van der Waals surface area contributed by atoms with Crippen molar-refractivity contribution in [2.24, 2.45) is 0 Å². The molecule has 0 spiro atoms. The highest BCUT2D eigenvalue weighted by molar-refractivity contribution is 14.1. The Balaban J connectivity index is 3.06. The minimum absolute atomic E-state index is 0.147. The number of carbonyl (C=O) groups excluding carboxylic acids is 1. The first-order valence-corrected chi connectivity index (χ1v) is 7.11. The first-order chi connectivity index (χ1) is 6.79. The van der Waals surface area contributed by atoms with E-state index < -0.39 is 15.9 Å². The van der Waals surface area contributed by atoms with Crippen LogP contribution in [0.1, 0.15) is 10.4 Å². The third kappa shape index (κ3) is 3.96. The Hall–Kier alpha value is -0.340. The van der Waals surface area contributed by atoms with Gasteiger partial charge >= 0.3 is 0 Å². The number of rotatable bonds is 2. The number of sulfonamides is 1. The van der Waals surface area contributed by atoms with E-state index in [1.165, 1.54) is 6.07 Å². The standard InChI is InChI=1S/C8H7ClINO3S/c1-15(13,14)11-8(12)6-4-5(10)2-3-7(6)9/h2-4H,1H3,(H,11,12). The van der Waals surface area contributed by atoms with Crippen LogP contribution in [0.4, 0.5) is 0 Å². The predicted octanol–water partition coefficient (Wildman–Crippen LogP) is 1.63. The molecule has 4 nitrogen and oxygen atoms in total.